The molecular formula is C23H18BrClN2O3. The summed E-state index contributed by atoms with van der Waals surface area (Å²) < 4.78 is 12.6. The highest BCUT2D eigenvalue weighted by Gasteiger charge is 2.39. The van der Waals surface area contributed by atoms with Crippen molar-refractivity contribution < 1.29 is 14.3 Å². The average Bonchev–Trinajstić information content (AvgIpc) is 2.73. The first-order chi connectivity index (χ1) is 14.5. The van der Waals surface area contributed by atoms with Gasteiger partial charge >= 0.3 is 0 Å². The smallest absolute Gasteiger partial charge is 0.205 e. The molecule has 1 unspecified atom stereocenters. The van der Waals surface area contributed by atoms with Gasteiger partial charge in [0.05, 0.1) is 5.92 Å². The maximum atomic E-state index is 12.8. The second-order valence-corrected chi connectivity index (χ2v) is 8.49. The number of rotatable bonds is 4. The van der Waals surface area contributed by atoms with E-state index in [9.17, 15) is 10.1 Å². The van der Waals surface area contributed by atoms with Crippen molar-refractivity contribution in [3.63, 3.8) is 0 Å². The second kappa shape index (κ2) is 8.55. The minimum Gasteiger partial charge on any atom is -0.489 e. The summed E-state index contributed by atoms with van der Waals surface area (Å²) in [4.78, 5) is 12.8. The van der Waals surface area contributed by atoms with Crippen molar-refractivity contribution in [3.05, 3.63) is 85.9 Å². The number of nitrogens with zero attached hydrogens (tertiary/aromatic N) is 1. The fraction of sp³-hybridized carbons (Fsp3) is 0.217. The molecule has 7 heteroatoms. The Morgan fingerprint density at radius 3 is 2.73 bits per heavy atom. The Kier molecular flexibility index (Phi) is 5.85. The summed E-state index contributed by atoms with van der Waals surface area (Å²) in [5.41, 5.74) is 8.43. The third-order valence-electron chi connectivity index (χ3n) is 5.20. The van der Waals surface area contributed by atoms with Crippen molar-refractivity contribution in [1.29, 1.82) is 5.26 Å². The van der Waals surface area contributed by atoms with E-state index in [0.717, 1.165) is 10.0 Å². The molecule has 5 nitrogen and oxygen atoms in total. The van der Waals surface area contributed by atoms with E-state index in [-0.39, 0.29) is 17.2 Å². The molecule has 0 aromatic heterocycles. The fourth-order valence-electron chi connectivity index (χ4n) is 3.79. The Morgan fingerprint density at radius 1 is 1.23 bits per heavy atom. The molecule has 0 saturated carbocycles. The molecule has 4 rings (SSSR count). The molecule has 2 aromatic rings. The lowest BCUT2D eigenvalue weighted by Crippen LogP contribution is -2.27. The fourth-order valence-corrected chi connectivity index (χ4v) is 4.29. The largest absolute Gasteiger partial charge is 0.489 e. The van der Waals surface area contributed by atoms with Gasteiger partial charge in [-0.2, -0.15) is 5.26 Å². The van der Waals surface area contributed by atoms with Crippen LogP contribution in [0.3, 0.4) is 0 Å². The van der Waals surface area contributed by atoms with Crippen LogP contribution >= 0.6 is 27.5 Å². The lowest BCUT2D eigenvalue weighted by molar-refractivity contribution is -0.116. The molecule has 0 radical (unpaired) electrons. The summed E-state index contributed by atoms with van der Waals surface area (Å²) in [6.45, 7) is 0.315. The van der Waals surface area contributed by atoms with Gasteiger partial charge in [-0.25, -0.2) is 0 Å². The Morgan fingerprint density at radius 2 is 2.00 bits per heavy atom. The van der Waals surface area contributed by atoms with Gasteiger partial charge in [-0.15, -0.1) is 0 Å². The molecule has 30 heavy (non-hydrogen) atoms. The Hall–Kier alpha value is -2.75. The Bertz CT molecular complexity index is 1120. The summed E-state index contributed by atoms with van der Waals surface area (Å²) >= 11 is 9.45. The van der Waals surface area contributed by atoms with Crippen LogP contribution in [0, 0.1) is 11.3 Å². The molecule has 2 aromatic carbocycles. The molecular weight excluding hydrogens is 468 g/mol. The SMILES string of the molecule is N#CC1=C(N)OC2=C(C(=O)CCC2)C1c1cc(Br)ccc1OCc1ccc(Cl)cc1. The van der Waals surface area contributed by atoms with E-state index < -0.39 is 5.92 Å². The van der Waals surface area contributed by atoms with Crippen molar-refractivity contribution >= 4 is 33.3 Å². The normalized spacial score (nSPS) is 18.6. The number of halogens is 2. The van der Waals surface area contributed by atoms with Crippen LogP contribution in [-0.2, 0) is 16.1 Å². The molecule has 1 heterocycles. The second-order valence-electron chi connectivity index (χ2n) is 7.14. The average molecular weight is 486 g/mol. The van der Waals surface area contributed by atoms with Gasteiger partial charge in [-0.3, -0.25) is 4.79 Å². The zero-order valence-corrected chi connectivity index (χ0v) is 18.3. The summed E-state index contributed by atoms with van der Waals surface area (Å²) in [6.07, 6.45) is 1.75. The predicted molar refractivity (Wildman–Crippen MR) is 116 cm³/mol. The van der Waals surface area contributed by atoms with Gasteiger partial charge in [0.1, 0.15) is 29.8 Å². The first-order valence-electron chi connectivity index (χ1n) is 9.48. The Labute approximate surface area is 187 Å². The van der Waals surface area contributed by atoms with Crippen molar-refractivity contribution in [2.24, 2.45) is 5.73 Å². The van der Waals surface area contributed by atoms with E-state index in [4.69, 9.17) is 26.8 Å². The van der Waals surface area contributed by atoms with Crippen molar-refractivity contribution in [2.45, 2.75) is 31.8 Å². The zero-order chi connectivity index (χ0) is 21.3. The first kappa shape index (κ1) is 20.5. The van der Waals surface area contributed by atoms with E-state index >= 15 is 0 Å². The number of allylic oxidation sites excluding steroid dienone is 3. The molecule has 152 valence electrons. The summed E-state index contributed by atoms with van der Waals surface area (Å²) in [5, 5.41) is 10.4. The van der Waals surface area contributed by atoms with Crippen molar-refractivity contribution in [3.8, 4) is 11.8 Å². The van der Waals surface area contributed by atoms with Crippen LogP contribution in [0.15, 0.2) is 69.7 Å². The quantitative estimate of drug-likeness (QED) is 0.618. The van der Waals surface area contributed by atoms with Crippen LogP contribution in [0.25, 0.3) is 0 Å². The highest BCUT2D eigenvalue weighted by molar-refractivity contribution is 9.10. The number of Topliss-reactive ketones (excluding diaryl/α,β-unsaturated/α-hetero) is 1. The lowest BCUT2D eigenvalue weighted by atomic mass is 9.77. The highest BCUT2D eigenvalue weighted by Crippen LogP contribution is 2.46. The van der Waals surface area contributed by atoms with Crippen LogP contribution in [-0.4, -0.2) is 5.78 Å². The number of nitriles is 1. The maximum Gasteiger partial charge on any atom is 0.205 e. The standard InChI is InChI=1S/C23H18BrClN2O3/c24-14-6-9-19(29-12-13-4-7-15(25)8-5-13)16(10-14)21-17(11-26)23(27)30-20-3-1-2-18(28)22(20)21/h4-10,21H,1-3,12,27H2. The van der Waals surface area contributed by atoms with Gasteiger partial charge in [-0.05, 0) is 42.3 Å². The number of hydrogen-bond donors (Lipinski definition) is 1. The number of hydrogen-bond acceptors (Lipinski definition) is 5. The number of carbonyl (C=O) groups is 1. The molecule has 0 amide bonds. The molecule has 0 bridgehead atoms. The number of ketones is 1. The van der Waals surface area contributed by atoms with Crippen LogP contribution in [0.2, 0.25) is 5.02 Å². The van der Waals surface area contributed by atoms with Crippen molar-refractivity contribution in [2.75, 3.05) is 0 Å². The molecule has 1 aliphatic carbocycles. The minimum atomic E-state index is -0.621. The topological polar surface area (TPSA) is 85.3 Å². The molecule has 0 spiro atoms. The van der Waals surface area contributed by atoms with E-state index in [2.05, 4.69) is 22.0 Å². The minimum absolute atomic E-state index is 0.0230. The molecule has 2 N–H and O–H groups in total. The van der Waals surface area contributed by atoms with E-state index in [1.165, 1.54) is 0 Å². The van der Waals surface area contributed by atoms with Crippen molar-refractivity contribution in [1.82, 2.24) is 0 Å². The lowest BCUT2D eigenvalue weighted by Gasteiger charge is -2.31. The molecule has 2 aliphatic rings. The van der Waals surface area contributed by atoms with Gasteiger partial charge in [0.15, 0.2) is 5.78 Å². The van der Waals surface area contributed by atoms with Gasteiger partial charge in [0.2, 0.25) is 5.88 Å². The molecule has 1 aliphatic heterocycles. The van der Waals surface area contributed by atoms with Gasteiger partial charge < -0.3 is 15.2 Å². The summed E-state index contributed by atoms with van der Waals surface area (Å²) in [5.74, 6) is 0.524. The van der Waals surface area contributed by atoms with E-state index in [1.807, 2.05) is 30.3 Å². The number of benzene rings is 2. The third kappa shape index (κ3) is 3.96. The van der Waals surface area contributed by atoms with Gasteiger partial charge in [0, 0.05) is 33.5 Å². The van der Waals surface area contributed by atoms with Crippen LogP contribution < -0.4 is 10.5 Å². The third-order valence-corrected chi connectivity index (χ3v) is 5.94. The van der Waals surface area contributed by atoms with Crippen LogP contribution in [0.1, 0.15) is 36.3 Å². The zero-order valence-electron chi connectivity index (χ0n) is 16.0. The first-order valence-corrected chi connectivity index (χ1v) is 10.7. The molecule has 1 atom stereocenters. The van der Waals surface area contributed by atoms with Crippen LogP contribution in [0.4, 0.5) is 0 Å². The number of ether oxygens (including phenoxy) is 2. The monoisotopic (exact) mass is 484 g/mol. The van der Waals surface area contributed by atoms with E-state index in [0.29, 0.717) is 53.5 Å². The molecule has 0 saturated heterocycles. The summed E-state index contributed by atoms with van der Waals surface area (Å²) in [6, 6.07) is 15.1. The number of nitrogens with two attached hydrogens (primary N) is 1. The molecule has 0 fully saturated rings. The summed E-state index contributed by atoms with van der Waals surface area (Å²) in [7, 11) is 0. The van der Waals surface area contributed by atoms with Gasteiger partial charge in [-0.1, -0.05) is 39.7 Å². The predicted octanol–water partition coefficient (Wildman–Crippen LogP) is 5.50. The van der Waals surface area contributed by atoms with Gasteiger partial charge in [0.25, 0.3) is 0 Å². The van der Waals surface area contributed by atoms with Crippen LogP contribution in [0.5, 0.6) is 5.75 Å². The number of carbonyl (C=O) groups excluding carboxylic acids is 1. The van der Waals surface area contributed by atoms with E-state index in [1.54, 1.807) is 12.1 Å². The highest BCUT2D eigenvalue weighted by atomic mass is 79.9. The Balaban J connectivity index is 1.77. The maximum absolute atomic E-state index is 12.8.